The maximum Gasteiger partial charge on any atom is 0.407 e. The standard InChI is InChI=1S/C30H44N2O4S/c1-23(2)17-26(32-30(34)36-20-25-13-6-3-4-7-14-25)19-31-28(18-24-11-8-5-9-12-24)29(33)22-37-21-27-15-10-16-35-27/h5,8-12,15-16,23,25-26,28,31H,3-4,6-7,13-14,17-22H2,1-2H3,(H,32,34). The fraction of sp³-hybridized carbons (Fsp3) is 0.600. The molecule has 1 heterocycles. The highest BCUT2D eigenvalue weighted by Gasteiger charge is 2.23. The Morgan fingerprint density at radius 1 is 1.05 bits per heavy atom. The van der Waals surface area contributed by atoms with Gasteiger partial charge in [-0.3, -0.25) is 4.79 Å². The summed E-state index contributed by atoms with van der Waals surface area (Å²) in [5.74, 6) is 2.97. The Labute approximate surface area is 226 Å². The van der Waals surface area contributed by atoms with Crippen molar-refractivity contribution in [3.8, 4) is 0 Å². The number of amides is 1. The zero-order valence-corrected chi connectivity index (χ0v) is 23.3. The molecule has 1 amide bonds. The number of furan rings is 1. The molecule has 0 saturated heterocycles. The lowest BCUT2D eigenvalue weighted by Gasteiger charge is -2.25. The molecule has 2 unspecified atom stereocenters. The number of hydrogen-bond donors (Lipinski definition) is 2. The van der Waals surface area contributed by atoms with Crippen LogP contribution in [0.1, 0.15) is 70.1 Å². The average Bonchev–Trinajstić information content (AvgIpc) is 3.26. The van der Waals surface area contributed by atoms with Crippen LogP contribution in [-0.2, 0) is 21.7 Å². The van der Waals surface area contributed by atoms with Crippen LogP contribution in [-0.4, -0.2) is 42.9 Å². The lowest BCUT2D eigenvalue weighted by Crippen LogP contribution is -2.49. The van der Waals surface area contributed by atoms with Gasteiger partial charge in [0.25, 0.3) is 0 Å². The van der Waals surface area contributed by atoms with Crippen molar-refractivity contribution in [2.45, 2.75) is 83.1 Å². The smallest absolute Gasteiger partial charge is 0.407 e. The normalized spacial score (nSPS) is 16.2. The Morgan fingerprint density at radius 3 is 2.49 bits per heavy atom. The number of nitrogens with one attached hydrogen (secondary N) is 2. The van der Waals surface area contributed by atoms with Crippen molar-refractivity contribution in [1.82, 2.24) is 10.6 Å². The SMILES string of the molecule is CC(C)CC(CNC(Cc1ccccc1)C(=O)CSCc1ccco1)NC(=O)OCC1CCCCCC1. The molecule has 7 heteroatoms. The first kappa shape index (κ1) is 29.3. The van der Waals surface area contributed by atoms with Crippen LogP contribution in [0.15, 0.2) is 53.1 Å². The van der Waals surface area contributed by atoms with E-state index in [9.17, 15) is 9.59 Å². The highest BCUT2D eigenvalue weighted by atomic mass is 32.2. The fourth-order valence-electron chi connectivity index (χ4n) is 4.88. The fourth-order valence-corrected chi connectivity index (χ4v) is 5.75. The van der Waals surface area contributed by atoms with Crippen LogP contribution >= 0.6 is 11.8 Å². The number of carbonyl (C=O) groups is 2. The number of benzene rings is 1. The van der Waals surface area contributed by atoms with E-state index in [1.807, 2.05) is 42.5 Å². The lowest BCUT2D eigenvalue weighted by atomic mass is 10.0. The van der Waals surface area contributed by atoms with E-state index < -0.39 is 0 Å². The number of thioether (sulfide) groups is 1. The first-order chi connectivity index (χ1) is 18.0. The molecule has 1 aliphatic carbocycles. The minimum Gasteiger partial charge on any atom is -0.468 e. The van der Waals surface area contributed by atoms with E-state index in [4.69, 9.17) is 9.15 Å². The summed E-state index contributed by atoms with van der Waals surface area (Å²) in [7, 11) is 0. The second-order valence-corrected chi connectivity index (χ2v) is 11.6. The van der Waals surface area contributed by atoms with E-state index in [0.717, 1.165) is 30.6 Å². The van der Waals surface area contributed by atoms with Gasteiger partial charge < -0.3 is 19.8 Å². The van der Waals surface area contributed by atoms with Gasteiger partial charge in [0, 0.05) is 12.6 Å². The van der Waals surface area contributed by atoms with Crippen LogP contribution in [0, 0.1) is 11.8 Å². The third-order valence-corrected chi connectivity index (χ3v) is 7.83. The molecule has 6 nitrogen and oxygen atoms in total. The van der Waals surface area contributed by atoms with Gasteiger partial charge in [-0.05, 0) is 55.2 Å². The van der Waals surface area contributed by atoms with Gasteiger partial charge in [0.05, 0.1) is 30.4 Å². The number of ether oxygens (including phenoxy) is 1. The van der Waals surface area contributed by atoms with Crippen molar-refractivity contribution in [2.75, 3.05) is 18.9 Å². The largest absolute Gasteiger partial charge is 0.468 e. The maximum absolute atomic E-state index is 13.2. The third kappa shape index (κ3) is 11.8. The van der Waals surface area contributed by atoms with Gasteiger partial charge in [-0.15, -0.1) is 11.8 Å². The Hall–Kier alpha value is -2.25. The van der Waals surface area contributed by atoms with Crippen molar-refractivity contribution in [3.63, 3.8) is 0 Å². The summed E-state index contributed by atoms with van der Waals surface area (Å²) in [6.45, 7) is 5.30. The molecule has 1 saturated carbocycles. The number of alkyl carbamates (subject to hydrolysis) is 1. The molecule has 0 bridgehead atoms. The number of ketones is 1. The Morgan fingerprint density at radius 2 is 1.81 bits per heavy atom. The van der Waals surface area contributed by atoms with Crippen molar-refractivity contribution in [2.24, 2.45) is 11.8 Å². The van der Waals surface area contributed by atoms with Crippen LogP contribution in [0.2, 0.25) is 0 Å². The molecular weight excluding hydrogens is 484 g/mol. The van der Waals surface area contributed by atoms with E-state index in [1.165, 1.54) is 25.7 Å². The summed E-state index contributed by atoms with van der Waals surface area (Å²) in [5, 5.41) is 6.55. The van der Waals surface area contributed by atoms with Crippen LogP contribution in [0.3, 0.4) is 0 Å². The van der Waals surface area contributed by atoms with Gasteiger partial charge in [-0.2, -0.15) is 0 Å². The summed E-state index contributed by atoms with van der Waals surface area (Å²) < 4.78 is 11.0. The zero-order valence-electron chi connectivity index (χ0n) is 22.5. The van der Waals surface area contributed by atoms with Crippen LogP contribution in [0.4, 0.5) is 4.79 Å². The molecular formula is C30H44N2O4S. The van der Waals surface area contributed by atoms with Crippen LogP contribution in [0.5, 0.6) is 0 Å². The van der Waals surface area contributed by atoms with Crippen molar-refractivity contribution in [1.29, 1.82) is 0 Å². The predicted octanol–water partition coefficient (Wildman–Crippen LogP) is 6.39. The van der Waals surface area contributed by atoms with E-state index in [-0.39, 0.29) is 24.0 Å². The highest BCUT2D eigenvalue weighted by Crippen LogP contribution is 2.23. The van der Waals surface area contributed by atoms with Gasteiger partial charge in [0.2, 0.25) is 0 Å². The quantitative estimate of drug-likeness (QED) is 0.261. The predicted molar refractivity (Wildman–Crippen MR) is 151 cm³/mol. The summed E-state index contributed by atoms with van der Waals surface area (Å²) in [5.41, 5.74) is 1.11. The van der Waals surface area contributed by atoms with Gasteiger partial charge >= 0.3 is 6.09 Å². The molecule has 37 heavy (non-hydrogen) atoms. The molecule has 0 spiro atoms. The van der Waals surface area contributed by atoms with Crippen molar-refractivity contribution >= 4 is 23.6 Å². The summed E-state index contributed by atoms with van der Waals surface area (Å²) in [4.78, 5) is 25.9. The van der Waals surface area contributed by atoms with Crippen molar-refractivity contribution in [3.05, 3.63) is 60.1 Å². The topological polar surface area (TPSA) is 80.6 Å². The molecule has 1 aliphatic rings. The first-order valence-electron chi connectivity index (χ1n) is 13.8. The molecule has 2 atom stereocenters. The van der Waals surface area contributed by atoms with E-state index >= 15 is 0 Å². The Bertz CT molecular complexity index is 896. The molecule has 1 aromatic carbocycles. The van der Waals surface area contributed by atoms with Gasteiger partial charge in [0.1, 0.15) is 5.76 Å². The van der Waals surface area contributed by atoms with E-state index in [0.29, 0.717) is 42.9 Å². The summed E-state index contributed by atoms with van der Waals surface area (Å²) in [6, 6.07) is 13.4. The minimum atomic E-state index is -0.350. The van der Waals surface area contributed by atoms with Crippen LogP contribution in [0.25, 0.3) is 0 Å². The number of Topliss-reactive ketones (excluding diaryl/α,β-unsaturated/α-hetero) is 1. The maximum atomic E-state index is 13.2. The number of rotatable bonds is 15. The molecule has 0 aliphatic heterocycles. The van der Waals surface area contributed by atoms with E-state index in [2.05, 4.69) is 24.5 Å². The van der Waals surface area contributed by atoms with Gasteiger partial charge in [0.15, 0.2) is 5.78 Å². The molecule has 204 valence electrons. The average molecular weight is 529 g/mol. The molecule has 3 rings (SSSR count). The minimum absolute atomic E-state index is 0.108. The van der Waals surface area contributed by atoms with Crippen molar-refractivity contribution < 1.29 is 18.7 Å². The Kier molecular flexibility index (Phi) is 13.1. The second-order valence-electron chi connectivity index (χ2n) is 10.6. The van der Waals surface area contributed by atoms with Gasteiger partial charge in [-0.1, -0.05) is 69.9 Å². The van der Waals surface area contributed by atoms with E-state index in [1.54, 1.807) is 18.0 Å². The number of carbonyl (C=O) groups excluding carboxylic acids is 2. The monoisotopic (exact) mass is 528 g/mol. The Balaban J connectivity index is 1.53. The molecule has 2 N–H and O–H groups in total. The summed E-state index contributed by atoms with van der Waals surface area (Å²) in [6.07, 6.45) is 10.0. The lowest BCUT2D eigenvalue weighted by molar-refractivity contribution is -0.118. The van der Waals surface area contributed by atoms with Crippen LogP contribution < -0.4 is 10.6 Å². The molecule has 1 fully saturated rings. The highest BCUT2D eigenvalue weighted by molar-refractivity contribution is 7.99. The molecule has 1 aromatic heterocycles. The summed E-state index contributed by atoms with van der Waals surface area (Å²) >= 11 is 1.56. The molecule has 2 aromatic rings. The zero-order chi connectivity index (χ0) is 26.3. The molecule has 0 radical (unpaired) electrons. The second kappa shape index (κ2) is 16.6. The van der Waals surface area contributed by atoms with Gasteiger partial charge in [-0.25, -0.2) is 4.79 Å². The first-order valence-corrected chi connectivity index (χ1v) is 15.0. The number of hydrogen-bond acceptors (Lipinski definition) is 6. The third-order valence-electron chi connectivity index (χ3n) is 6.85.